The lowest BCUT2D eigenvalue weighted by Gasteiger charge is -2.22. The zero-order chi connectivity index (χ0) is 10.3. The topological polar surface area (TPSA) is 54.0 Å². The molecule has 0 radical (unpaired) electrons. The summed E-state index contributed by atoms with van der Waals surface area (Å²) in [5, 5.41) is 0. The minimum Gasteiger partial charge on any atom is -0.449 e. The second kappa shape index (κ2) is 5.87. The Bertz CT molecular complexity index is 178. The molecule has 0 bridgehead atoms. The van der Waals surface area contributed by atoms with E-state index in [1.54, 1.807) is 6.92 Å². The normalized spacial score (nSPS) is 11.0. The lowest BCUT2D eigenvalue weighted by molar-refractivity contribution is -0.137. The molecule has 0 aromatic carbocycles. The third kappa shape index (κ3) is 3.68. The van der Waals surface area contributed by atoms with Crippen molar-refractivity contribution in [3.8, 4) is 0 Å². The van der Waals surface area contributed by atoms with E-state index in [-0.39, 0.29) is 0 Å². The predicted molar refractivity (Wildman–Crippen MR) is 47.7 cm³/mol. The van der Waals surface area contributed by atoms with Crippen molar-refractivity contribution in [3.63, 3.8) is 0 Å². The van der Waals surface area contributed by atoms with Crippen LogP contribution in [-0.4, -0.2) is 35.8 Å². The summed E-state index contributed by atoms with van der Waals surface area (Å²) >= 11 is 0. The van der Waals surface area contributed by atoms with Gasteiger partial charge in [0.05, 0.1) is 0 Å². The Kier molecular flexibility index (Phi) is 5.56. The minimum atomic E-state index is -3.25. The fourth-order valence-electron chi connectivity index (χ4n) is 0.656. The number of carbonyl (C=O) groups is 1. The van der Waals surface area contributed by atoms with Gasteiger partial charge in [-0.1, -0.05) is 6.58 Å². The number of hydrogen-bond acceptors (Lipinski definition) is 5. The maximum atomic E-state index is 10.9. The smallest absolute Gasteiger partial charge is 0.449 e. The number of rotatable bonds is 6. The summed E-state index contributed by atoms with van der Waals surface area (Å²) in [6.07, 6.45) is 1.03. The largest absolute Gasteiger partial charge is 0.751 e. The zero-order valence-corrected chi connectivity index (χ0v) is 9.03. The molecule has 0 aliphatic heterocycles. The van der Waals surface area contributed by atoms with E-state index in [4.69, 9.17) is 17.7 Å². The summed E-state index contributed by atoms with van der Waals surface area (Å²) in [5.41, 5.74) is 0. The van der Waals surface area contributed by atoms with Crippen molar-refractivity contribution < 1.29 is 22.5 Å². The van der Waals surface area contributed by atoms with Gasteiger partial charge in [0.15, 0.2) is 0 Å². The Labute approximate surface area is 78.7 Å². The third-order valence-electron chi connectivity index (χ3n) is 1.21. The summed E-state index contributed by atoms with van der Waals surface area (Å²) in [4.78, 5) is 10.9. The van der Waals surface area contributed by atoms with Gasteiger partial charge in [-0.05, 0) is 6.92 Å². The fraction of sp³-hybridized carbons (Fsp3) is 0.571. The Hall–Kier alpha value is -0.693. The SMILES string of the molecule is C=CC(=O)O[Si](OC)(OC)OCC. The summed E-state index contributed by atoms with van der Waals surface area (Å²) in [5.74, 6) is -0.621. The first-order valence-corrected chi connectivity index (χ1v) is 5.37. The van der Waals surface area contributed by atoms with Crippen LogP contribution in [-0.2, 0) is 22.5 Å². The second-order valence-electron chi connectivity index (χ2n) is 1.97. The molecule has 0 amide bonds. The van der Waals surface area contributed by atoms with Gasteiger partial charge in [-0.15, -0.1) is 0 Å². The highest BCUT2D eigenvalue weighted by Crippen LogP contribution is 2.09. The molecule has 0 aliphatic rings. The molecule has 0 aliphatic carbocycles. The molecule has 0 aromatic rings. The zero-order valence-electron chi connectivity index (χ0n) is 8.03. The van der Waals surface area contributed by atoms with Crippen LogP contribution in [0.15, 0.2) is 12.7 Å². The van der Waals surface area contributed by atoms with Gasteiger partial charge in [0.1, 0.15) is 0 Å². The van der Waals surface area contributed by atoms with Crippen LogP contribution in [0, 0.1) is 0 Å². The Morgan fingerprint density at radius 3 is 2.31 bits per heavy atom. The van der Waals surface area contributed by atoms with Gasteiger partial charge in [-0.25, -0.2) is 4.79 Å². The maximum Gasteiger partial charge on any atom is 0.751 e. The predicted octanol–water partition coefficient (Wildman–Crippen LogP) is 0.480. The van der Waals surface area contributed by atoms with E-state index < -0.39 is 15.0 Å². The van der Waals surface area contributed by atoms with Gasteiger partial charge in [0.25, 0.3) is 0 Å². The van der Waals surface area contributed by atoms with Gasteiger partial charge in [0.2, 0.25) is 0 Å². The maximum absolute atomic E-state index is 10.9. The van der Waals surface area contributed by atoms with Crippen molar-refractivity contribution in [1.29, 1.82) is 0 Å². The molecular weight excluding hydrogens is 192 g/mol. The molecule has 0 spiro atoms. The highest BCUT2D eigenvalue weighted by Gasteiger charge is 2.47. The van der Waals surface area contributed by atoms with Crippen molar-refractivity contribution in [1.82, 2.24) is 0 Å². The molecule has 0 heterocycles. The first-order chi connectivity index (χ1) is 6.14. The molecule has 0 aromatic heterocycles. The monoisotopic (exact) mass is 206 g/mol. The van der Waals surface area contributed by atoms with E-state index in [2.05, 4.69) is 6.58 Å². The molecule has 0 fully saturated rings. The molecule has 5 nitrogen and oxygen atoms in total. The minimum absolute atomic E-state index is 0.346. The molecule has 0 rings (SSSR count). The Morgan fingerprint density at radius 2 is 2.00 bits per heavy atom. The van der Waals surface area contributed by atoms with Crippen molar-refractivity contribution in [2.75, 3.05) is 20.8 Å². The van der Waals surface area contributed by atoms with Crippen LogP contribution in [0.5, 0.6) is 0 Å². The summed E-state index contributed by atoms with van der Waals surface area (Å²) < 4.78 is 19.8. The van der Waals surface area contributed by atoms with E-state index in [0.29, 0.717) is 6.61 Å². The van der Waals surface area contributed by atoms with Crippen molar-refractivity contribution in [3.05, 3.63) is 12.7 Å². The van der Waals surface area contributed by atoms with Gasteiger partial charge < -0.3 is 17.7 Å². The van der Waals surface area contributed by atoms with E-state index in [1.807, 2.05) is 0 Å². The van der Waals surface area contributed by atoms with Crippen molar-refractivity contribution in [2.45, 2.75) is 6.92 Å². The Morgan fingerprint density at radius 1 is 1.46 bits per heavy atom. The molecule has 0 saturated carbocycles. The quantitative estimate of drug-likeness (QED) is 0.467. The van der Waals surface area contributed by atoms with Gasteiger partial charge in [-0.2, -0.15) is 0 Å². The lowest BCUT2D eigenvalue weighted by atomic mass is 10.7. The van der Waals surface area contributed by atoms with Crippen LogP contribution in [0.4, 0.5) is 0 Å². The first kappa shape index (κ1) is 12.3. The second-order valence-corrected chi connectivity index (χ2v) is 4.28. The Balaban J connectivity index is 4.36. The molecular formula is C7H14O5Si. The molecule has 0 N–H and O–H groups in total. The summed E-state index contributed by atoms with van der Waals surface area (Å²) in [7, 11) is -0.523. The van der Waals surface area contributed by atoms with E-state index in [9.17, 15) is 4.79 Å². The molecule has 0 atom stereocenters. The number of hydrogen-bond donors (Lipinski definition) is 0. The van der Waals surface area contributed by atoms with E-state index in [0.717, 1.165) is 6.08 Å². The van der Waals surface area contributed by atoms with Crippen LogP contribution in [0.2, 0.25) is 0 Å². The highest BCUT2D eigenvalue weighted by atomic mass is 28.4. The van der Waals surface area contributed by atoms with Crippen LogP contribution >= 0.6 is 0 Å². The highest BCUT2D eigenvalue weighted by molar-refractivity contribution is 6.55. The fourth-order valence-corrected chi connectivity index (χ4v) is 1.97. The van der Waals surface area contributed by atoms with Gasteiger partial charge in [-0.3, -0.25) is 0 Å². The molecule has 13 heavy (non-hydrogen) atoms. The van der Waals surface area contributed by atoms with Gasteiger partial charge >= 0.3 is 15.0 Å². The van der Waals surface area contributed by atoms with E-state index >= 15 is 0 Å². The van der Waals surface area contributed by atoms with Gasteiger partial charge in [0, 0.05) is 26.9 Å². The molecule has 76 valence electrons. The average molecular weight is 206 g/mol. The third-order valence-corrected chi connectivity index (χ3v) is 3.31. The average Bonchev–Trinajstić information content (AvgIpc) is 2.17. The van der Waals surface area contributed by atoms with Crippen LogP contribution in [0.3, 0.4) is 0 Å². The van der Waals surface area contributed by atoms with Crippen LogP contribution < -0.4 is 0 Å². The first-order valence-electron chi connectivity index (χ1n) is 3.73. The summed E-state index contributed by atoms with van der Waals surface area (Å²) in [6, 6.07) is 0. The summed E-state index contributed by atoms with van der Waals surface area (Å²) in [6.45, 7) is 5.35. The molecule has 0 unspecified atom stereocenters. The lowest BCUT2D eigenvalue weighted by Crippen LogP contribution is -2.48. The molecule has 0 saturated heterocycles. The van der Waals surface area contributed by atoms with Crippen molar-refractivity contribution >= 4 is 15.0 Å². The van der Waals surface area contributed by atoms with Crippen molar-refractivity contribution in [2.24, 2.45) is 0 Å². The number of carbonyl (C=O) groups excluding carboxylic acids is 1. The van der Waals surface area contributed by atoms with Crippen LogP contribution in [0.1, 0.15) is 6.92 Å². The van der Waals surface area contributed by atoms with Crippen LogP contribution in [0.25, 0.3) is 0 Å². The molecule has 6 heteroatoms. The van der Waals surface area contributed by atoms with E-state index in [1.165, 1.54) is 14.2 Å². The standard InChI is InChI=1S/C7H14O5Si/c1-5-7(8)12-13(9-3,10-4)11-6-2/h5H,1,6H2,2-4H3.